The highest BCUT2D eigenvalue weighted by molar-refractivity contribution is 5.94. The summed E-state index contributed by atoms with van der Waals surface area (Å²) >= 11 is 0. The highest BCUT2D eigenvalue weighted by Crippen LogP contribution is 2.33. The topological polar surface area (TPSA) is 117 Å². The largest absolute Gasteiger partial charge is 0.449 e. The number of amides is 1. The maximum atomic E-state index is 12.8. The van der Waals surface area contributed by atoms with E-state index in [1.807, 2.05) is 0 Å². The first-order valence-electron chi connectivity index (χ1n) is 9.48. The van der Waals surface area contributed by atoms with Crippen LogP contribution in [0.5, 0.6) is 0 Å². The highest BCUT2D eigenvalue weighted by Gasteiger charge is 2.40. The van der Waals surface area contributed by atoms with Crippen LogP contribution in [-0.2, 0) is 9.53 Å². The Morgan fingerprint density at radius 1 is 1.24 bits per heavy atom. The molecule has 1 saturated carbocycles. The first-order chi connectivity index (χ1) is 13.6. The fraction of sp³-hybridized carbons (Fsp3) is 0.550. The number of likely N-dealkylation sites (N-methyl/N-ethyl adjacent to an activating group) is 1. The molecule has 0 unspecified atom stereocenters. The number of hydrogen-bond acceptors (Lipinski definition) is 7. The van der Waals surface area contributed by atoms with Crippen molar-refractivity contribution >= 4 is 23.3 Å². The molecular formula is C20H26N4O5. The maximum absolute atomic E-state index is 12.8. The minimum absolute atomic E-state index is 0.0164. The molecule has 1 aromatic carbocycles. The number of nitrogens with zero attached hydrogens (tertiary/aromatic N) is 4. The molecule has 0 aromatic heterocycles. The van der Waals surface area contributed by atoms with Crippen molar-refractivity contribution in [1.82, 2.24) is 4.90 Å². The summed E-state index contributed by atoms with van der Waals surface area (Å²) in [6, 6.07) is 6.27. The Bertz CT molecular complexity index is 840. The average molecular weight is 402 g/mol. The SMILES string of the molecule is C[C@@H](OC(=O)c1ccc(N(C)C)c([N+](=O)[O-])c1)C(=O)N(C)C1(C#N)CCCCC1. The van der Waals surface area contributed by atoms with Crippen LogP contribution in [0.15, 0.2) is 18.2 Å². The number of carbonyl (C=O) groups is 2. The normalized spacial score (nSPS) is 16.2. The Labute approximate surface area is 170 Å². The molecule has 9 heteroatoms. The van der Waals surface area contributed by atoms with Gasteiger partial charge in [0.15, 0.2) is 6.10 Å². The molecule has 29 heavy (non-hydrogen) atoms. The summed E-state index contributed by atoms with van der Waals surface area (Å²) in [5, 5.41) is 20.9. The van der Waals surface area contributed by atoms with E-state index in [0.29, 0.717) is 18.5 Å². The summed E-state index contributed by atoms with van der Waals surface area (Å²) in [5.74, 6) is -1.30. The third kappa shape index (κ3) is 4.65. The number of carbonyl (C=O) groups excluding carboxylic acids is 2. The summed E-state index contributed by atoms with van der Waals surface area (Å²) in [6.07, 6.45) is 2.81. The van der Waals surface area contributed by atoms with Crippen molar-refractivity contribution in [1.29, 1.82) is 5.26 Å². The van der Waals surface area contributed by atoms with Crippen LogP contribution in [0.25, 0.3) is 0 Å². The number of nitro benzene ring substituents is 1. The van der Waals surface area contributed by atoms with Crippen molar-refractivity contribution in [3.8, 4) is 6.07 Å². The molecule has 0 heterocycles. The number of nitriles is 1. The van der Waals surface area contributed by atoms with Gasteiger partial charge in [0.2, 0.25) is 0 Å². The van der Waals surface area contributed by atoms with Gasteiger partial charge in [-0.25, -0.2) is 4.79 Å². The number of nitro groups is 1. The van der Waals surface area contributed by atoms with Crippen LogP contribution in [0.3, 0.4) is 0 Å². The molecule has 1 aliphatic carbocycles. The molecule has 0 N–H and O–H groups in total. The predicted molar refractivity (Wildman–Crippen MR) is 106 cm³/mol. The van der Waals surface area contributed by atoms with Crippen LogP contribution in [0.2, 0.25) is 0 Å². The van der Waals surface area contributed by atoms with Crippen molar-refractivity contribution in [2.75, 3.05) is 26.0 Å². The summed E-state index contributed by atoms with van der Waals surface area (Å²) in [6.45, 7) is 1.44. The third-order valence-corrected chi connectivity index (χ3v) is 5.38. The average Bonchev–Trinajstić information content (AvgIpc) is 2.72. The molecule has 0 aliphatic heterocycles. The number of esters is 1. The number of benzene rings is 1. The minimum Gasteiger partial charge on any atom is -0.449 e. The van der Waals surface area contributed by atoms with Gasteiger partial charge in [-0.1, -0.05) is 19.3 Å². The predicted octanol–water partition coefficient (Wildman–Crippen LogP) is 2.89. The zero-order valence-corrected chi connectivity index (χ0v) is 17.2. The van der Waals surface area contributed by atoms with E-state index in [-0.39, 0.29) is 11.3 Å². The van der Waals surface area contributed by atoms with Gasteiger partial charge in [-0.05, 0) is 31.9 Å². The molecule has 1 atom stereocenters. The van der Waals surface area contributed by atoms with Crippen LogP contribution in [0.1, 0.15) is 49.4 Å². The van der Waals surface area contributed by atoms with E-state index in [0.717, 1.165) is 25.3 Å². The fourth-order valence-corrected chi connectivity index (χ4v) is 3.60. The van der Waals surface area contributed by atoms with Crippen LogP contribution in [0, 0.1) is 21.4 Å². The van der Waals surface area contributed by atoms with Gasteiger partial charge in [0.1, 0.15) is 11.2 Å². The van der Waals surface area contributed by atoms with E-state index < -0.39 is 28.4 Å². The summed E-state index contributed by atoms with van der Waals surface area (Å²) in [5.41, 5.74) is -0.783. The smallest absolute Gasteiger partial charge is 0.339 e. The van der Waals surface area contributed by atoms with Crippen molar-refractivity contribution in [2.45, 2.75) is 50.7 Å². The molecule has 1 amide bonds. The van der Waals surface area contributed by atoms with Crippen LogP contribution in [0.4, 0.5) is 11.4 Å². The second kappa shape index (κ2) is 8.90. The van der Waals surface area contributed by atoms with Gasteiger partial charge in [0.05, 0.1) is 16.6 Å². The van der Waals surface area contributed by atoms with Crippen molar-refractivity contribution in [2.24, 2.45) is 0 Å². The van der Waals surface area contributed by atoms with Gasteiger partial charge in [0.25, 0.3) is 11.6 Å². The lowest BCUT2D eigenvalue weighted by Gasteiger charge is -2.39. The fourth-order valence-electron chi connectivity index (χ4n) is 3.60. The molecule has 1 fully saturated rings. The van der Waals surface area contributed by atoms with Gasteiger partial charge in [0, 0.05) is 27.2 Å². The maximum Gasteiger partial charge on any atom is 0.339 e. The van der Waals surface area contributed by atoms with Gasteiger partial charge in [-0.15, -0.1) is 0 Å². The van der Waals surface area contributed by atoms with Gasteiger partial charge >= 0.3 is 5.97 Å². The van der Waals surface area contributed by atoms with E-state index in [1.54, 1.807) is 26.0 Å². The highest BCUT2D eigenvalue weighted by atomic mass is 16.6. The number of hydrogen-bond donors (Lipinski definition) is 0. The van der Waals surface area contributed by atoms with Crippen molar-refractivity contribution in [3.05, 3.63) is 33.9 Å². The first-order valence-corrected chi connectivity index (χ1v) is 9.48. The molecule has 9 nitrogen and oxygen atoms in total. The van der Waals surface area contributed by atoms with Gasteiger partial charge in [-0.2, -0.15) is 5.26 Å². The second-order valence-electron chi connectivity index (χ2n) is 7.50. The molecule has 0 bridgehead atoms. The van der Waals surface area contributed by atoms with Gasteiger partial charge in [-0.3, -0.25) is 14.9 Å². The van der Waals surface area contributed by atoms with Crippen molar-refractivity contribution in [3.63, 3.8) is 0 Å². The quantitative estimate of drug-likeness (QED) is 0.408. The molecule has 0 spiro atoms. The Balaban J connectivity index is 2.16. The van der Waals surface area contributed by atoms with Gasteiger partial charge < -0.3 is 14.5 Å². The summed E-state index contributed by atoms with van der Waals surface area (Å²) in [7, 11) is 4.87. The number of ether oxygens (including phenoxy) is 1. The van der Waals surface area contributed by atoms with Crippen molar-refractivity contribution < 1.29 is 19.2 Å². The molecule has 1 aromatic rings. The Kier molecular flexibility index (Phi) is 6.80. The first kappa shape index (κ1) is 22.1. The third-order valence-electron chi connectivity index (χ3n) is 5.38. The van der Waals surface area contributed by atoms with E-state index in [2.05, 4.69) is 6.07 Å². The molecule has 156 valence electrons. The number of anilines is 1. The van der Waals surface area contributed by atoms with Crippen LogP contribution in [-0.4, -0.2) is 54.5 Å². The van der Waals surface area contributed by atoms with E-state index >= 15 is 0 Å². The zero-order valence-electron chi connectivity index (χ0n) is 17.2. The Morgan fingerprint density at radius 3 is 2.38 bits per heavy atom. The molecular weight excluding hydrogens is 376 g/mol. The molecule has 1 aliphatic rings. The summed E-state index contributed by atoms with van der Waals surface area (Å²) in [4.78, 5) is 38.9. The lowest BCUT2D eigenvalue weighted by Crippen LogP contribution is -2.53. The standard InChI is InChI=1S/C20H26N4O5/c1-14(18(25)23(4)20(13-21)10-6-5-7-11-20)29-19(26)15-8-9-16(22(2)3)17(12-15)24(27)28/h8-9,12,14H,5-7,10-11H2,1-4H3/t14-/m1/s1. The van der Waals surface area contributed by atoms with Crippen LogP contribution >= 0.6 is 0 Å². The minimum atomic E-state index is -1.12. The van der Waals surface area contributed by atoms with E-state index in [1.165, 1.54) is 24.0 Å². The lowest BCUT2D eigenvalue weighted by atomic mass is 9.81. The zero-order chi connectivity index (χ0) is 21.8. The molecule has 0 saturated heterocycles. The van der Waals surface area contributed by atoms with E-state index in [9.17, 15) is 25.0 Å². The van der Waals surface area contributed by atoms with Crippen LogP contribution < -0.4 is 4.90 Å². The lowest BCUT2D eigenvalue weighted by molar-refractivity contribution is -0.384. The molecule has 0 radical (unpaired) electrons. The summed E-state index contributed by atoms with van der Waals surface area (Å²) < 4.78 is 5.26. The second-order valence-corrected chi connectivity index (χ2v) is 7.50. The Morgan fingerprint density at radius 2 is 1.86 bits per heavy atom. The monoisotopic (exact) mass is 402 g/mol. The Hall–Kier alpha value is -3.15. The van der Waals surface area contributed by atoms with E-state index in [4.69, 9.17) is 4.74 Å². The molecule has 2 rings (SSSR count). The number of rotatable bonds is 6.